The number of nitrogens with one attached hydrogen (secondary N) is 1. The lowest BCUT2D eigenvalue weighted by Gasteiger charge is -2.25. The molecule has 0 bridgehead atoms. The van der Waals surface area contributed by atoms with E-state index in [1.54, 1.807) is 0 Å². The molecule has 0 aliphatic carbocycles. The van der Waals surface area contributed by atoms with Gasteiger partial charge in [0.15, 0.2) is 0 Å². The van der Waals surface area contributed by atoms with E-state index in [1.165, 1.54) is 32.9 Å². The quantitative estimate of drug-likeness (QED) is 0.877. The van der Waals surface area contributed by atoms with Gasteiger partial charge in [0.05, 0.1) is 16.9 Å². The van der Waals surface area contributed by atoms with E-state index in [2.05, 4.69) is 5.32 Å². The Balaban J connectivity index is 2.94. The molecule has 2 N–H and O–H groups in total. The van der Waals surface area contributed by atoms with Gasteiger partial charge in [0.1, 0.15) is 0 Å². The van der Waals surface area contributed by atoms with E-state index in [1.807, 2.05) is 0 Å². The first-order chi connectivity index (χ1) is 9.96. The van der Waals surface area contributed by atoms with Gasteiger partial charge in [-0.2, -0.15) is 13.2 Å². The third kappa shape index (κ3) is 4.22. The summed E-state index contributed by atoms with van der Waals surface area (Å²) in [6, 6.07) is 4.55. The monoisotopic (exact) mass is 317 g/mol. The van der Waals surface area contributed by atoms with Crippen LogP contribution in [0, 0.1) is 5.92 Å². The van der Waals surface area contributed by atoms with Crippen LogP contribution in [0.4, 0.5) is 13.2 Å². The second kappa shape index (κ2) is 6.37. The van der Waals surface area contributed by atoms with Gasteiger partial charge < -0.3 is 10.4 Å². The minimum absolute atomic E-state index is 0.0867. The molecule has 1 unspecified atom stereocenters. The number of alkyl halides is 3. The minimum atomic E-state index is -4.49. The normalized spacial score (nSPS) is 13.5. The van der Waals surface area contributed by atoms with Crippen LogP contribution in [0.3, 0.4) is 0 Å². The van der Waals surface area contributed by atoms with Crippen LogP contribution >= 0.6 is 0 Å². The molecule has 4 nitrogen and oxygen atoms in total. The Bertz CT molecular complexity index is 567. The highest BCUT2D eigenvalue weighted by molar-refractivity contribution is 5.87. The van der Waals surface area contributed by atoms with Gasteiger partial charge >= 0.3 is 12.1 Å². The van der Waals surface area contributed by atoms with Crippen molar-refractivity contribution in [2.45, 2.75) is 32.4 Å². The molecular weight excluding hydrogens is 299 g/mol. The Morgan fingerprint density at radius 3 is 2.27 bits per heavy atom. The zero-order valence-electron chi connectivity index (χ0n) is 12.5. The molecule has 0 aliphatic rings. The van der Waals surface area contributed by atoms with Gasteiger partial charge in [0.2, 0.25) is 5.91 Å². The maximum absolute atomic E-state index is 12.7. The zero-order chi connectivity index (χ0) is 17.1. The number of carbonyl (C=O) groups excluding carboxylic acids is 1. The highest BCUT2D eigenvalue weighted by atomic mass is 19.4. The van der Waals surface area contributed by atoms with Crippen molar-refractivity contribution in [1.29, 1.82) is 0 Å². The van der Waals surface area contributed by atoms with E-state index in [0.717, 1.165) is 12.1 Å². The number of carboxylic acid groups (broad SMARTS) is 1. The molecule has 0 fully saturated rings. The fourth-order valence-corrected chi connectivity index (χ4v) is 1.77. The van der Waals surface area contributed by atoms with E-state index in [0.29, 0.717) is 0 Å². The van der Waals surface area contributed by atoms with Gasteiger partial charge in [-0.05, 0) is 25.5 Å². The number of hydrogen-bond acceptors (Lipinski definition) is 2. The van der Waals surface area contributed by atoms with E-state index >= 15 is 0 Å². The van der Waals surface area contributed by atoms with Crippen molar-refractivity contribution >= 4 is 11.9 Å². The van der Waals surface area contributed by atoms with Crippen molar-refractivity contribution in [2.24, 2.45) is 5.92 Å². The van der Waals surface area contributed by atoms with E-state index in [9.17, 15) is 22.8 Å². The van der Waals surface area contributed by atoms with Crippen LogP contribution in [0.1, 0.15) is 31.9 Å². The fraction of sp³-hybridized carbons (Fsp3) is 0.467. The second-order valence-electron chi connectivity index (χ2n) is 5.65. The lowest BCUT2D eigenvalue weighted by Crippen LogP contribution is -2.42. The van der Waals surface area contributed by atoms with Gasteiger partial charge in [-0.1, -0.05) is 25.1 Å². The number of carboxylic acids is 1. The Kier molecular flexibility index (Phi) is 5.22. The largest absolute Gasteiger partial charge is 0.481 e. The summed E-state index contributed by atoms with van der Waals surface area (Å²) in [7, 11) is 0. The summed E-state index contributed by atoms with van der Waals surface area (Å²) in [5.41, 5.74) is -1.83. The van der Waals surface area contributed by atoms with Crippen LogP contribution in [0.25, 0.3) is 0 Å². The molecule has 0 heterocycles. The number of amides is 1. The summed E-state index contributed by atoms with van der Waals surface area (Å²) in [5, 5.41) is 11.2. The zero-order valence-corrected chi connectivity index (χ0v) is 12.5. The molecule has 0 saturated carbocycles. The molecule has 0 aromatic heterocycles. The lowest BCUT2D eigenvalue weighted by molar-refractivity contribution is -0.141. The van der Waals surface area contributed by atoms with Crippen LogP contribution in [0.5, 0.6) is 0 Å². The first-order valence-corrected chi connectivity index (χ1v) is 6.65. The molecule has 122 valence electrons. The molecule has 0 saturated heterocycles. The molecule has 1 amide bonds. The van der Waals surface area contributed by atoms with Crippen LogP contribution in [0.15, 0.2) is 24.3 Å². The molecule has 22 heavy (non-hydrogen) atoms. The van der Waals surface area contributed by atoms with Gasteiger partial charge in [0.25, 0.3) is 0 Å². The average molecular weight is 317 g/mol. The molecule has 0 aliphatic heterocycles. The summed E-state index contributed by atoms with van der Waals surface area (Å²) in [5.74, 6) is -2.36. The molecule has 0 radical (unpaired) electrons. The lowest BCUT2D eigenvalue weighted by atomic mass is 9.83. The molecule has 1 rings (SSSR count). The van der Waals surface area contributed by atoms with Gasteiger partial charge in [-0.15, -0.1) is 0 Å². The standard InChI is InChI=1S/C15H18F3NO3/c1-9(12(20)21)8-19-13(22)14(2,3)10-5-4-6-11(7-10)15(16,17)18/h4-7,9H,8H2,1-3H3,(H,19,22)(H,20,21). The number of aliphatic carboxylic acids is 1. The van der Waals surface area contributed by atoms with Crippen LogP contribution < -0.4 is 5.32 Å². The van der Waals surface area contributed by atoms with Crippen LogP contribution in [0.2, 0.25) is 0 Å². The predicted octanol–water partition coefficient (Wildman–Crippen LogP) is 2.82. The van der Waals surface area contributed by atoms with Crippen molar-refractivity contribution < 1.29 is 27.9 Å². The Morgan fingerprint density at radius 2 is 1.77 bits per heavy atom. The van der Waals surface area contributed by atoms with Gasteiger partial charge in [-0.25, -0.2) is 0 Å². The molecule has 1 aromatic carbocycles. The van der Waals surface area contributed by atoms with Gasteiger partial charge in [0, 0.05) is 6.54 Å². The highest BCUT2D eigenvalue weighted by Gasteiger charge is 2.35. The van der Waals surface area contributed by atoms with E-state index in [-0.39, 0.29) is 12.1 Å². The summed E-state index contributed by atoms with van der Waals surface area (Å²) in [4.78, 5) is 22.9. The summed E-state index contributed by atoms with van der Waals surface area (Å²) in [6.07, 6.45) is -4.49. The van der Waals surface area contributed by atoms with Crippen molar-refractivity contribution in [3.05, 3.63) is 35.4 Å². The average Bonchev–Trinajstić information content (AvgIpc) is 2.43. The number of rotatable bonds is 5. The summed E-state index contributed by atoms with van der Waals surface area (Å²) >= 11 is 0. The molecule has 7 heteroatoms. The topological polar surface area (TPSA) is 66.4 Å². The Hall–Kier alpha value is -2.05. The van der Waals surface area contributed by atoms with Crippen molar-refractivity contribution in [3.63, 3.8) is 0 Å². The maximum Gasteiger partial charge on any atom is 0.416 e. The molecule has 0 spiro atoms. The first-order valence-electron chi connectivity index (χ1n) is 6.65. The second-order valence-corrected chi connectivity index (χ2v) is 5.65. The third-order valence-corrected chi connectivity index (χ3v) is 3.47. The first kappa shape index (κ1) is 18.0. The predicted molar refractivity (Wildman–Crippen MR) is 74.3 cm³/mol. The third-order valence-electron chi connectivity index (χ3n) is 3.47. The van der Waals surface area contributed by atoms with Crippen molar-refractivity contribution in [2.75, 3.05) is 6.54 Å². The maximum atomic E-state index is 12.7. The van der Waals surface area contributed by atoms with Crippen LogP contribution in [-0.4, -0.2) is 23.5 Å². The Morgan fingerprint density at radius 1 is 1.23 bits per heavy atom. The van der Waals surface area contributed by atoms with E-state index < -0.39 is 34.9 Å². The molecule has 1 aromatic rings. The highest BCUT2D eigenvalue weighted by Crippen LogP contribution is 2.32. The molecule has 1 atom stereocenters. The Labute approximate surface area is 126 Å². The fourth-order valence-electron chi connectivity index (χ4n) is 1.77. The summed E-state index contributed by atoms with van der Waals surface area (Å²) < 4.78 is 38.2. The smallest absolute Gasteiger partial charge is 0.416 e. The van der Waals surface area contributed by atoms with Crippen LogP contribution in [-0.2, 0) is 21.2 Å². The summed E-state index contributed by atoms with van der Waals surface area (Å²) in [6.45, 7) is 4.32. The van der Waals surface area contributed by atoms with Crippen molar-refractivity contribution in [3.8, 4) is 0 Å². The minimum Gasteiger partial charge on any atom is -0.481 e. The van der Waals surface area contributed by atoms with Gasteiger partial charge in [-0.3, -0.25) is 9.59 Å². The molecular formula is C15H18F3NO3. The number of halogens is 3. The van der Waals surface area contributed by atoms with E-state index in [4.69, 9.17) is 5.11 Å². The van der Waals surface area contributed by atoms with Crippen molar-refractivity contribution in [1.82, 2.24) is 5.32 Å². The number of carbonyl (C=O) groups is 2. The number of benzene rings is 1. The SMILES string of the molecule is CC(CNC(=O)C(C)(C)c1cccc(C(F)(F)F)c1)C(=O)O. The number of hydrogen-bond donors (Lipinski definition) is 2.